The minimum absolute atomic E-state index is 0.123. The average Bonchev–Trinajstić information content (AvgIpc) is 2.41. The SMILES string of the molecule is CC(=O)NCCNC(=O)c1ccc(C#CCO)c(C)c1. The summed E-state index contributed by atoms with van der Waals surface area (Å²) in [5, 5.41) is 14.0. The second-order valence-electron chi connectivity index (χ2n) is 4.23. The first kappa shape index (κ1) is 15.7. The molecule has 5 heteroatoms. The van der Waals surface area contributed by atoms with Crippen molar-refractivity contribution in [2.24, 2.45) is 0 Å². The predicted molar refractivity (Wildman–Crippen MR) is 76.2 cm³/mol. The van der Waals surface area contributed by atoms with Gasteiger partial charge in [0.05, 0.1) is 0 Å². The van der Waals surface area contributed by atoms with E-state index in [-0.39, 0.29) is 18.4 Å². The van der Waals surface area contributed by atoms with Crippen molar-refractivity contribution in [2.45, 2.75) is 13.8 Å². The van der Waals surface area contributed by atoms with Gasteiger partial charge in [-0.05, 0) is 30.7 Å². The molecule has 1 rings (SSSR count). The largest absolute Gasteiger partial charge is 0.384 e. The van der Waals surface area contributed by atoms with Crippen molar-refractivity contribution in [2.75, 3.05) is 19.7 Å². The zero-order valence-electron chi connectivity index (χ0n) is 11.6. The topological polar surface area (TPSA) is 78.4 Å². The number of amides is 2. The van der Waals surface area contributed by atoms with Crippen molar-refractivity contribution in [1.82, 2.24) is 10.6 Å². The van der Waals surface area contributed by atoms with Gasteiger partial charge in [-0.2, -0.15) is 0 Å². The van der Waals surface area contributed by atoms with Crippen LogP contribution in [0.25, 0.3) is 0 Å². The number of aryl methyl sites for hydroxylation is 1. The molecule has 0 saturated carbocycles. The molecule has 0 radical (unpaired) electrons. The van der Waals surface area contributed by atoms with Crippen LogP contribution in [0, 0.1) is 18.8 Å². The van der Waals surface area contributed by atoms with Crippen LogP contribution in [0.3, 0.4) is 0 Å². The Morgan fingerprint density at radius 1 is 1.25 bits per heavy atom. The van der Waals surface area contributed by atoms with E-state index in [9.17, 15) is 9.59 Å². The van der Waals surface area contributed by atoms with E-state index in [1.807, 2.05) is 6.92 Å². The van der Waals surface area contributed by atoms with Gasteiger partial charge in [-0.25, -0.2) is 0 Å². The number of carbonyl (C=O) groups excluding carboxylic acids is 2. The van der Waals surface area contributed by atoms with Crippen molar-refractivity contribution < 1.29 is 14.7 Å². The summed E-state index contributed by atoms with van der Waals surface area (Å²) >= 11 is 0. The lowest BCUT2D eigenvalue weighted by Gasteiger charge is -2.07. The fourth-order valence-electron chi connectivity index (χ4n) is 1.60. The van der Waals surface area contributed by atoms with Crippen LogP contribution in [-0.2, 0) is 4.79 Å². The standard InChI is InChI=1S/C15H18N2O3/c1-11-10-14(6-5-13(11)4-3-9-18)15(20)17-8-7-16-12(2)19/h5-6,10,18H,7-9H2,1-2H3,(H,16,19)(H,17,20). The fourth-order valence-corrected chi connectivity index (χ4v) is 1.60. The molecule has 106 valence electrons. The number of rotatable bonds is 4. The third-order valence-electron chi connectivity index (χ3n) is 2.58. The number of nitrogens with one attached hydrogen (secondary N) is 2. The Kier molecular flexibility index (Phi) is 6.27. The number of hydrogen-bond donors (Lipinski definition) is 3. The first-order valence-corrected chi connectivity index (χ1v) is 6.27. The van der Waals surface area contributed by atoms with Gasteiger partial charge >= 0.3 is 0 Å². The van der Waals surface area contributed by atoms with E-state index in [4.69, 9.17) is 5.11 Å². The number of hydrogen-bond acceptors (Lipinski definition) is 3. The maximum atomic E-state index is 11.9. The minimum atomic E-state index is -0.194. The normalized spacial score (nSPS) is 9.35. The smallest absolute Gasteiger partial charge is 0.251 e. The van der Waals surface area contributed by atoms with E-state index in [0.29, 0.717) is 18.7 Å². The lowest BCUT2D eigenvalue weighted by atomic mass is 10.0. The quantitative estimate of drug-likeness (QED) is 0.542. The molecule has 0 fully saturated rings. The second-order valence-corrected chi connectivity index (χ2v) is 4.23. The summed E-state index contributed by atoms with van der Waals surface area (Å²) in [6.45, 7) is 3.88. The molecule has 3 N–H and O–H groups in total. The Morgan fingerprint density at radius 3 is 2.55 bits per heavy atom. The second kappa shape index (κ2) is 7.97. The molecule has 0 atom stereocenters. The molecule has 20 heavy (non-hydrogen) atoms. The zero-order chi connectivity index (χ0) is 15.0. The number of carbonyl (C=O) groups is 2. The van der Waals surface area contributed by atoms with Crippen molar-refractivity contribution in [3.63, 3.8) is 0 Å². The fraction of sp³-hybridized carbons (Fsp3) is 0.333. The molecule has 0 aromatic heterocycles. The Bertz CT molecular complexity index is 556. The highest BCUT2D eigenvalue weighted by Crippen LogP contribution is 2.10. The van der Waals surface area contributed by atoms with Crippen LogP contribution >= 0.6 is 0 Å². The molecule has 0 bridgehead atoms. The number of aliphatic hydroxyl groups is 1. The zero-order valence-corrected chi connectivity index (χ0v) is 11.6. The summed E-state index contributed by atoms with van der Waals surface area (Å²) in [5.41, 5.74) is 2.20. The van der Waals surface area contributed by atoms with Crippen LogP contribution in [0.2, 0.25) is 0 Å². The first-order valence-electron chi connectivity index (χ1n) is 6.27. The summed E-state index contributed by atoms with van der Waals surface area (Å²) in [6, 6.07) is 5.18. The highest BCUT2D eigenvalue weighted by molar-refractivity contribution is 5.94. The van der Waals surface area contributed by atoms with Gasteiger partial charge in [0.25, 0.3) is 5.91 Å². The molecule has 0 aliphatic rings. The number of benzene rings is 1. The predicted octanol–water partition coefficient (Wildman–Crippen LogP) is 0.205. The van der Waals surface area contributed by atoms with Gasteiger partial charge in [-0.15, -0.1) is 0 Å². The van der Waals surface area contributed by atoms with Gasteiger partial charge in [0.1, 0.15) is 6.61 Å². The van der Waals surface area contributed by atoms with E-state index in [1.165, 1.54) is 6.92 Å². The Hall–Kier alpha value is -2.32. The molecule has 0 unspecified atom stereocenters. The number of aliphatic hydroxyl groups excluding tert-OH is 1. The lowest BCUT2D eigenvalue weighted by molar-refractivity contribution is -0.118. The molecular formula is C15H18N2O3. The van der Waals surface area contributed by atoms with Gasteiger partial charge in [0, 0.05) is 31.1 Å². The molecule has 1 aromatic carbocycles. The molecule has 0 heterocycles. The molecular weight excluding hydrogens is 256 g/mol. The molecule has 0 aliphatic carbocycles. The van der Waals surface area contributed by atoms with Crippen LogP contribution in [-0.4, -0.2) is 36.6 Å². The molecule has 2 amide bonds. The summed E-state index contributed by atoms with van der Waals surface area (Å²) in [7, 11) is 0. The summed E-state index contributed by atoms with van der Waals surface area (Å²) in [5.74, 6) is 5.07. The van der Waals surface area contributed by atoms with E-state index >= 15 is 0 Å². The van der Waals surface area contributed by atoms with Crippen LogP contribution in [0.1, 0.15) is 28.4 Å². The van der Waals surface area contributed by atoms with Crippen LogP contribution in [0.15, 0.2) is 18.2 Å². The first-order chi connectivity index (χ1) is 9.54. The van der Waals surface area contributed by atoms with Crippen LogP contribution in [0.4, 0.5) is 0 Å². The Labute approximate surface area is 118 Å². The lowest BCUT2D eigenvalue weighted by Crippen LogP contribution is -2.33. The van der Waals surface area contributed by atoms with Gasteiger partial charge in [-0.1, -0.05) is 11.8 Å². The van der Waals surface area contributed by atoms with E-state index in [0.717, 1.165) is 11.1 Å². The van der Waals surface area contributed by atoms with Gasteiger partial charge < -0.3 is 15.7 Å². The maximum absolute atomic E-state index is 11.9. The molecule has 0 saturated heterocycles. The van der Waals surface area contributed by atoms with Crippen LogP contribution in [0.5, 0.6) is 0 Å². The van der Waals surface area contributed by atoms with E-state index < -0.39 is 0 Å². The highest BCUT2D eigenvalue weighted by Gasteiger charge is 2.06. The molecule has 5 nitrogen and oxygen atoms in total. The van der Waals surface area contributed by atoms with Crippen molar-refractivity contribution >= 4 is 11.8 Å². The van der Waals surface area contributed by atoms with Crippen molar-refractivity contribution in [1.29, 1.82) is 0 Å². The molecule has 0 aliphatic heterocycles. The average molecular weight is 274 g/mol. The summed E-state index contributed by atoms with van der Waals surface area (Å²) in [6.07, 6.45) is 0. The Balaban J connectivity index is 2.61. The minimum Gasteiger partial charge on any atom is -0.384 e. The van der Waals surface area contributed by atoms with Gasteiger partial charge in [0.2, 0.25) is 5.91 Å². The third kappa shape index (κ3) is 5.12. The van der Waals surface area contributed by atoms with E-state index in [1.54, 1.807) is 18.2 Å². The van der Waals surface area contributed by atoms with Gasteiger partial charge in [0.15, 0.2) is 0 Å². The summed E-state index contributed by atoms with van der Waals surface area (Å²) in [4.78, 5) is 22.5. The summed E-state index contributed by atoms with van der Waals surface area (Å²) < 4.78 is 0. The van der Waals surface area contributed by atoms with E-state index in [2.05, 4.69) is 22.5 Å². The third-order valence-corrected chi connectivity index (χ3v) is 2.58. The van der Waals surface area contributed by atoms with Gasteiger partial charge in [-0.3, -0.25) is 9.59 Å². The molecule has 1 aromatic rings. The van der Waals surface area contributed by atoms with Crippen LogP contribution < -0.4 is 10.6 Å². The maximum Gasteiger partial charge on any atom is 0.251 e. The highest BCUT2D eigenvalue weighted by atomic mass is 16.2. The van der Waals surface area contributed by atoms with Crippen molar-refractivity contribution in [3.8, 4) is 11.8 Å². The Morgan fingerprint density at radius 2 is 1.95 bits per heavy atom. The van der Waals surface area contributed by atoms with Crippen molar-refractivity contribution in [3.05, 3.63) is 34.9 Å². The monoisotopic (exact) mass is 274 g/mol. The molecule has 0 spiro atoms.